The lowest BCUT2D eigenvalue weighted by Crippen LogP contribution is -2.32. The van der Waals surface area contributed by atoms with E-state index in [2.05, 4.69) is 11.9 Å². The minimum atomic E-state index is -0.426. The lowest BCUT2D eigenvalue weighted by Gasteiger charge is -2.21. The third-order valence-electron chi connectivity index (χ3n) is 4.66. The summed E-state index contributed by atoms with van der Waals surface area (Å²) < 4.78 is 15.1. The number of carbonyl (C=O) groups is 2. The molecule has 3 unspecified atom stereocenters. The number of alkyl carbamates (subject to hydrolysis) is 1. The van der Waals surface area contributed by atoms with Gasteiger partial charge in [-0.05, 0) is 43.9 Å². The van der Waals surface area contributed by atoms with Crippen LogP contribution >= 0.6 is 0 Å². The highest BCUT2D eigenvalue weighted by molar-refractivity contribution is 5.86. The summed E-state index contributed by atoms with van der Waals surface area (Å²) in [4.78, 5) is 22.7. The predicted molar refractivity (Wildman–Crippen MR) is 84.9 cm³/mol. The van der Waals surface area contributed by atoms with Gasteiger partial charge in [-0.2, -0.15) is 0 Å². The van der Waals surface area contributed by atoms with Gasteiger partial charge in [0.25, 0.3) is 0 Å². The van der Waals surface area contributed by atoms with Crippen molar-refractivity contribution >= 4 is 12.1 Å². The van der Waals surface area contributed by atoms with E-state index in [4.69, 9.17) is 14.2 Å². The van der Waals surface area contributed by atoms with E-state index in [1.807, 2.05) is 0 Å². The predicted octanol–water partition coefficient (Wildman–Crippen LogP) is 2.28. The van der Waals surface area contributed by atoms with Crippen molar-refractivity contribution in [1.29, 1.82) is 0 Å². The molecule has 0 aromatic carbocycles. The summed E-state index contributed by atoms with van der Waals surface area (Å²) in [6.07, 6.45) is 4.88. The van der Waals surface area contributed by atoms with Crippen LogP contribution in [0, 0.1) is 17.8 Å². The summed E-state index contributed by atoms with van der Waals surface area (Å²) >= 11 is 0. The molecule has 0 aliphatic heterocycles. The molecule has 0 heterocycles. The van der Waals surface area contributed by atoms with Crippen LogP contribution in [-0.2, 0) is 19.0 Å². The number of esters is 1. The van der Waals surface area contributed by atoms with Crippen molar-refractivity contribution < 1.29 is 23.8 Å². The average molecular weight is 325 g/mol. The van der Waals surface area contributed by atoms with Crippen molar-refractivity contribution in [1.82, 2.24) is 5.32 Å². The number of hydrogen-bond donors (Lipinski definition) is 1. The van der Waals surface area contributed by atoms with Gasteiger partial charge in [0, 0.05) is 12.1 Å². The van der Waals surface area contributed by atoms with Gasteiger partial charge in [-0.3, -0.25) is 0 Å². The van der Waals surface area contributed by atoms with Crippen LogP contribution in [0.2, 0.25) is 0 Å². The Morgan fingerprint density at radius 3 is 2.43 bits per heavy atom. The van der Waals surface area contributed by atoms with Crippen LogP contribution in [-0.4, -0.2) is 45.0 Å². The lowest BCUT2D eigenvalue weighted by molar-refractivity contribution is -0.140. The Bertz CT molecular complexity index is 437. The SMILES string of the molecule is C=C(C)C(=O)OCCOCCOC(=O)NCC1CC2CCC1C2. The van der Waals surface area contributed by atoms with Crippen LogP contribution < -0.4 is 5.32 Å². The molecule has 1 amide bonds. The van der Waals surface area contributed by atoms with E-state index in [1.54, 1.807) is 6.92 Å². The molecule has 1 N–H and O–H groups in total. The first-order chi connectivity index (χ1) is 11.1. The molecular weight excluding hydrogens is 298 g/mol. The normalized spacial score (nSPS) is 25.2. The highest BCUT2D eigenvalue weighted by Crippen LogP contribution is 2.47. The number of hydrogen-bond acceptors (Lipinski definition) is 5. The minimum absolute atomic E-state index is 0.169. The van der Waals surface area contributed by atoms with E-state index >= 15 is 0 Å². The van der Waals surface area contributed by atoms with Crippen molar-refractivity contribution in [2.45, 2.75) is 32.6 Å². The average Bonchev–Trinajstić information content (AvgIpc) is 3.14. The fourth-order valence-corrected chi connectivity index (χ4v) is 3.50. The Kier molecular flexibility index (Phi) is 6.89. The maximum absolute atomic E-state index is 11.6. The highest BCUT2D eigenvalue weighted by atomic mass is 16.6. The topological polar surface area (TPSA) is 73.9 Å². The summed E-state index contributed by atoms with van der Waals surface area (Å²) in [6, 6.07) is 0. The zero-order chi connectivity index (χ0) is 16.7. The van der Waals surface area contributed by atoms with Crippen LogP contribution in [0.15, 0.2) is 12.2 Å². The van der Waals surface area contributed by atoms with Gasteiger partial charge in [0.15, 0.2) is 0 Å². The lowest BCUT2D eigenvalue weighted by atomic mass is 9.89. The zero-order valence-corrected chi connectivity index (χ0v) is 13.8. The molecule has 23 heavy (non-hydrogen) atoms. The van der Waals surface area contributed by atoms with E-state index in [-0.39, 0.29) is 32.5 Å². The summed E-state index contributed by atoms with van der Waals surface area (Å²) in [5.41, 5.74) is 0.362. The van der Waals surface area contributed by atoms with Gasteiger partial charge in [0.2, 0.25) is 0 Å². The van der Waals surface area contributed by atoms with Crippen LogP contribution in [0.5, 0.6) is 0 Å². The van der Waals surface area contributed by atoms with Crippen LogP contribution in [0.25, 0.3) is 0 Å². The number of nitrogens with one attached hydrogen (secondary N) is 1. The molecule has 6 heteroatoms. The van der Waals surface area contributed by atoms with Crippen LogP contribution in [0.4, 0.5) is 4.79 Å². The molecule has 0 radical (unpaired) electrons. The van der Waals surface area contributed by atoms with Gasteiger partial charge in [0.1, 0.15) is 13.2 Å². The summed E-state index contributed by atoms with van der Waals surface area (Å²) in [5, 5.41) is 2.84. The number of ether oxygens (including phenoxy) is 3. The van der Waals surface area contributed by atoms with Crippen molar-refractivity contribution in [2.75, 3.05) is 33.0 Å². The van der Waals surface area contributed by atoms with Gasteiger partial charge in [-0.25, -0.2) is 9.59 Å². The zero-order valence-electron chi connectivity index (χ0n) is 13.8. The maximum atomic E-state index is 11.6. The van der Waals surface area contributed by atoms with Crippen molar-refractivity contribution in [3.8, 4) is 0 Å². The smallest absolute Gasteiger partial charge is 0.407 e. The van der Waals surface area contributed by atoms with Gasteiger partial charge in [-0.1, -0.05) is 13.0 Å². The Morgan fingerprint density at radius 1 is 1.09 bits per heavy atom. The number of rotatable bonds is 9. The summed E-state index contributed by atoms with van der Waals surface area (Å²) in [6.45, 7) is 6.71. The molecule has 130 valence electrons. The molecule has 2 saturated carbocycles. The Morgan fingerprint density at radius 2 is 1.83 bits per heavy atom. The molecule has 2 aliphatic carbocycles. The molecule has 2 fully saturated rings. The molecule has 0 spiro atoms. The Balaban J connectivity index is 1.41. The third-order valence-corrected chi connectivity index (χ3v) is 4.66. The molecule has 0 aromatic rings. The monoisotopic (exact) mass is 325 g/mol. The van der Waals surface area contributed by atoms with E-state index in [1.165, 1.54) is 25.7 Å². The third kappa shape index (κ3) is 5.86. The van der Waals surface area contributed by atoms with Crippen molar-refractivity contribution in [3.05, 3.63) is 12.2 Å². The Hall–Kier alpha value is -1.56. The quantitative estimate of drug-likeness (QED) is 0.400. The van der Waals surface area contributed by atoms with Crippen molar-refractivity contribution in [2.24, 2.45) is 17.8 Å². The highest BCUT2D eigenvalue weighted by Gasteiger charge is 2.39. The van der Waals surface area contributed by atoms with E-state index in [0.717, 1.165) is 18.4 Å². The first-order valence-corrected chi connectivity index (χ1v) is 8.37. The number of carbonyl (C=O) groups excluding carboxylic acids is 2. The summed E-state index contributed by atoms with van der Waals surface area (Å²) in [5.74, 6) is 1.88. The van der Waals surface area contributed by atoms with Crippen LogP contribution in [0.1, 0.15) is 32.6 Å². The first-order valence-electron chi connectivity index (χ1n) is 8.37. The fraction of sp³-hybridized carbons (Fsp3) is 0.765. The molecule has 2 bridgehead atoms. The van der Waals surface area contributed by atoms with Gasteiger partial charge in [0.05, 0.1) is 13.2 Å². The number of amides is 1. The molecule has 2 rings (SSSR count). The molecular formula is C17H27NO5. The second-order valence-electron chi connectivity index (χ2n) is 6.48. The Labute approximate surface area is 137 Å². The largest absolute Gasteiger partial charge is 0.460 e. The van der Waals surface area contributed by atoms with Crippen LogP contribution in [0.3, 0.4) is 0 Å². The van der Waals surface area contributed by atoms with E-state index in [0.29, 0.717) is 11.5 Å². The number of fused-ring (bicyclic) bond motifs is 2. The summed E-state index contributed by atoms with van der Waals surface area (Å²) in [7, 11) is 0. The van der Waals surface area contributed by atoms with Gasteiger partial charge in [-0.15, -0.1) is 0 Å². The standard InChI is InChI=1S/C17H27NO5/c1-12(2)16(19)22-7-5-21-6-8-23-17(20)18-11-15-10-13-3-4-14(15)9-13/h13-15H,1,3-11H2,2H3,(H,18,20). The molecule has 0 aromatic heterocycles. The molecule has 6 nitrogen and oxygen atoms in total. The maximum Gasteiger partial charge on any atom is 0.407 e. The fourth-order valence-electron chi connectivity index (χ4n) is 3.50. The second-order valence-corrected chi connectivity index (χ2v) is 6.48. The van der Waals surface area contributed by atoms with Crippen molar-refractivity contribution in [3.63, 3.8) is 0 Å². The molecule has 2 aliphatic rings. The first kappa shape index (κ1) is 17.8. The van der Waals surface area contributed by atoms with Gasteiger partial charge >= 0.3 is 12.1 Å². The molecule has 3 atom stereocenters. The van der Waals surface area contributed by atoms with E-state index in [9.17, 15) is 9.59 Å². The molecule has 0 saturated heterocycles. The second kappa shape index (κ2) is 8.91. The minimum Gasteiger partial charge on any atom is -0.460 e. The van der Waals surface area contributed by atoms with E-state index < -0.39 is 5.97 Å². The van der Waals surface area contributed by atoms with Gasteiger partial charge < -0.3 is 19.5 Å².